The van der Waals surface area contributed by atoms with Crippen molar-refractivity contribution in [3.8, 4) is 0 Å². The molecule has 0 bridgehead atoms. The lowest BCUT2D eigenvalue weighted by Crippen LogP contribution is -2.66. The van der Waals surface area contributed by atoms with E-state index < -0.39 is 23.9 Å². The van der Waals surface area contributed by atoms with Crippen LogP contribution < -0.4 is 15.6 Å². The minimum Gasteiger partial charge on any atom is -0.296 e. The summed E-state index contributed by atoms with van der Waals surface area (Å²) in [4.78, 5) is 14.0. The van der Waals surface area contributed by atoms with Gasteiger partial charge in [-0.3, -0.25) is 5.32 Å². The first-order valence-corrected chi connectivity index (χ1v) is 5.58. The van der Waals surface area contributed by atoms with Crippen LogP contribution in [0.1, 0.15) is 12.6 Å². The van der Waals surface area contributed by atoms with E-state index in [9.17, 15) is 31.1 Å². The maximum Gasteiger partial charge on any atom is 0.420 e. The van der Waals surface area contributed by atoms with Crippen LogP contribution in [0.2, 0.25) is 0 Å². The molecule has 0 radical (unpaired) electrons. The zero-order chi connectivity index (χ0) is 16.5. The number of nitrogens with one attached hydrogen (secondary N) is 3. The molecule has 0 saturated carbocycles. The number of carbonyl (C=O) groups is 1. The van der Waals surface area contributed by atoms with Crippen LogP contribution in [0.15, 0.2) is 18.2 Å². The van der Waals surface area contributed by atoms with E-state index >= 15 is 0 Å². The van der Waals surface area contributed by atoms with E-state index in [1.54, 1.807) is 13.0 Å². The summed E-state index contributed by atoms with van der Waals surface area (Å²) < 4.78 is 75.6. The highest BCUT2D eigenvalue weighted by Gasteiger charge is 2.69. The molecule has 0 aromatic carbocycles. The summed E-state index contributed by atoms with van der Waals surface area (Å²) in [6.07, 6.45) is -11.4. The molecule has 0 spiro atoms. The van der Waals surface area contributed by atoms with Crippen LogP contribution in [0.5, 0.6) is 0 Å². The molecule has 0 fully saturated rings. The molecule has 118 valence electrons. The van der Waals surface area contributed by atoms with Gasteiger partial charge in [0.2, 0.25) is 5.54 Å². The minimum absolute atomic E-state index is 0.0424. The van der Waals surface area contributed by atoms with Crippen LogP contribution in [0.25, 0.3) is 0 Å². The number of pyridine rings is 1. The van der Waals surface area contributed by atoms with Crippen molar-refractivity contribution in [2.24, 2.45) is 0 Å². The van der Waals surface area contributed by atoms with E-state index in [2.05, 4.69) is 4.98 Å². The zero-order valence-corrected chi connectivity index (χ0v) is 10.9. The highest BCUT2D eigenvalue weighted by molar-refractivity contribution is 5.88. The Kier molecular flexibility index (Phi) is 4.40. The number of amides is 2. The van der Waals surface area contributed by atoms with Gasteiger partial charge >= 0.3 is 18.4 Å². The van der Waals surface area contributed by atoms with Gasteiger partial charge in [-0.25, -0.2) is 9.78 Å². The summed E-state index contributed by atoms with van der Waals surface area (Å²) in [5, 5.41) is 2.80. The van der Waals surface area contributed by atoms with Crippen LogP contribution in [0.4, 0.5) is 37.0 Å². The second-order valence-corrected chi connectivity index (χ2v) is 4.45. The quantitative estimate of drug-likeness (QED) is 0.810. The minimum atomic E-state index is -5.70. The highest BCUT2D eigenvalue weighted by atomic mass is 19.4. The predicted molar refractivity (Wildman–Crippen MR) is 60.4 cm³/mol. The van der Waals surface area contributed by atoms with Gasteiger partial charge in [0, 0.05) is 6.07 Å². The van der Waals surface area contributed by atoms with E-state index in [0.717, 1.165) is 5.32 Å². The van der Waals surface area contributed by atoms with Gasteiger partial charge in [0.05, 0.1) is 5.69 Å². The molecular weight excluding hydrogens is 304 g/mol. The largest absolute Gasteiger partial charge is 0.420 e. The number of rotatable bonds is 2. The number of hydrogen-bond acceptors (Lipinski definition) is 1. The summed E-state index contributed by atoms with van der Waals surface area (Å²) >= 11 is 0. The Bertz CT molecular complexity index is 511. The van der Waals surface area contributed by atoms with Crippen molar-refractivity contribution in [2.45, 2.75) is 31.7 Å². The van der Waals surface area contributed by atoms with Crippen molar-refractivity contribution < 1.29 is 36.1 Å². The highest BCUT2D eigenvalue weighted by Crippen LogP contribution is 2.42. The lowest BCUT2D eigenvalue weighted by Gasteiger charge is -2.33. The number of urea groups is 1. The first-order chi connectivity index (χ1) is 9.37. The summed E-state index contributed by atoms with van der Waals surface area (Å²) in [5.74, 6) is -0.0424. The molecule has 0 saturated heterocycles. The van der Waals surface area contributed by atoms with Crippen molar-refractivity contribution in [1.82, 2.24) is 5.32 Å². The lowest BCUT2D eigenvalue weighted by atomic mass is 10.0. The van der Waals surface area contributed by atoms with Crippen LogP contribution in [-0.4, -0.2) is 23.9 Å². The zero-order valence-electron chi connectivity index (χ0n) is 10.9. The molecule has 1 heterocycles. The predicted octanol–water partition coefficient (Wildman–Crippen LogP) is 2.81. The van der Waals surface area contributed by atoms with Crippen molar-refractivity contribution >= 4 is 11.8 Å². The van der Waals surface area contributed by atoms with Crippen molar-refractivity contribution in [1.29, 1.82) is 0 Å². The molecule has 2 amide bonds. The summed E-state index contributed by atoms with van der Waals surface area (Å²) in [6.45, 7) is 1.45. The molecule has 3 N–H and O–H groups in total. The number of carbonyl (C=O) groups excluding carboxylic acids is 1. The SMILES string of the molecule is Cc1cccc(NC(=O)NC(C)(C(F)(F)F)C(F)(F)F)[nH+]1. The molecule has 1 aromatic rings. The van der Waals surface area contributed by atoms with Crippen molar-refractivity contribution in [2.75, 3.05) is 5.32 Å². The van der Waals surface area contributed by atoms with E-state index in [4.69, 9.17) is 0 Å². The molecule has 1 aromatic heterocycles. The monoisotopic (exact) mass is 316 g/mol. The van der Waals surface area contributed by atoms with E-state index in [-0.39, 0.29) is 12.7 Å². The average molecular weight is 316 g/mol. The van der Waals surface area contributed by atoms with Gasteiger partial charge in [0.1, 0.15) is 0 Å². The molecule has 1 rings (SSSR count). The third kappa shape index (κ3) is 3.76. The molecule has 0 aliphatic carbocycles. The van der Waals surface area contributed by atoms with Gasteiger partial charge in [-0.05, 0) is 19.9 Å². The van der Waals surface area contributed by atoms with Gasteiger partial charge < -0.3 is 0 Å². The summed E-state index contributed by atoms with van der Waals surface area (Å²) in [6, 6.07) is 2.71. The second-order valence-electron chi connectivity index (χ2n) is 4.45. The van der Waals surface area contributed by atoms with Gasteiger partial charge in [0.15, 0.2) is 0 Å². The fraction of sp³-hybridized carbons (Fsp3) is 0.455. The van der Waals surface area contributed by atoms with Gasteiger partial charge in [-0.1, -0.05) is 6.07 Å². The Morgan fingerprint density at radius 3 is 2.05 bits per heavy atom. The van der Waals surface area contributed by atoms with Gasteiger partial charge in [0.25, 0.3) is 5.82 Å². The number of halogens is 6. The number of aryl methyl sites for hydroxylation is 1. The first-order valence-electron chi connectivity index (χ1n) is 5.58. The number of aromatic nitrogens is 1. The van der Waals surface area contributed by atoms with Crippen LogP contribution >= 0.6 is 0 Å². The van der Waals surface area contributed by atoms with E-state index in [1.165, 1.54) is 12.1 Å². The number of anilines is 1. The Hall–Kier alpha value is -2.00. The first kappa shape index (κ1) is 17.1. The van der Waals surface area contributed by atoms with Crippen LogP contribution in [0, 0.1) is 6.92 Å². The Labute approximate surface area is 115 Å². The average Bonchev–Trinajstić information content (AvgIpc) is 2.25. The summed E-state index contributed by atoms with van der Waals surface area (Å²) in [5.41, 5.74) is -3.80. The molecule has 21 heavy (non-hydrogen) atoms. The molecule has 0 atom stereocenters. The number of alkyl halides is 6. The third-order valence-corrected chi connectivity index (χ3v) is 2.69. The number of H-pyrrole nitrogens is 1. The maximum atomic E-state index is 12.6. The molecule has 0 aliphatic heterocycles. The standard InChI is InChI=1S/C11H11F6N3O/c1-6-4-3-5-7(18-6)19-8(21)20-9(2,10(12,13)14)11(15,16)17/h3-5H,1-2H3,(H2,18,19,20,21)/p+1. The molecular formula is C11H12F6N3O+. The van der Waals surface area contributed by atoms with Crippen LogP contribution in [-0.2, 0) is 0 Å². The molecule has 0 aliphatic rings. The fourth-order valence-corrected chi connectivity index (χ4v) is 1.34. The second kappa shape index (κ2) is 5.41. The van der Waals surface area contributed by atoms with E-state index in [0.29, 0.717) is 5.69 Å². The summed E-state index contributed by atoms with van der Waals surface area (Å²) in [7, 11) is 0. The Balaban J connectivity index is 2.93. The normalized spacial score (nSPS) is 13.0. The van der Waals surface area contributed by atoms with E-state index in [1.807, 2.05) is 5.32 Å². The van der Waals surface area contributed by atoms with Crippen LogP contribution in [0.3, 0.4) is 0 Å². The molecule has 4 nitrogen and oxygen atoms in total. The smallest absolute Gasteiger partial charge is 0.296 e. The number of aromatic amines is 1. The lowest BCUT2D eigenvalue weighted by molar-refractivity contribution is -0.370. The Morgan fingerprint density at radius 1 is 1.10 bits per heavy atom. The maximum absolute atomic E-state index is 12.6. The number of hydrogen-bond donors (Lipinski definition) is 2. The Morgan fingerprint density at radius 2 is 1.62 bits per heavy atom. The topological polar surface area (TPSA) is 55.3 Å². The fourth-order valence-electron chi connectivity index (χ4n) is 1.34. The molecule has 0 unspecified atom stereocenters. The molecule has 10 heteroatoms. The van der Waals surface area contributed by atoms with Crippen molar-refractivity contribution in [3.63, 3.8) is 0 Å². The van der Waals surface area contributed by atoms with Gasteiger partial charge in [-0.15, -0.1) is 0 Å². The van der Waals surface area contributed by atoms with Gasteiger partial charge in [-0.2, -0.15) is 31.7 Å². The van der Waals surface area contributed by atoms with Crippen molar-refractivity contribution in [3.05, 3.63) is 23.9 Å². The third-order valence-electron chi connectivity index (χ3n) is 2.69.